The fourth-order valence-corrected chi connectivity index (χ4v) is 4.44. The van der Waals surface area contributed by atoms with Gasteiger partial charge in [0, 0.05) is 12.2 Å². The standard InChI is InChI=1S/C15H22N2O3S/c16-9-13-7-3-4-8-14(13)17-15(18)11-21(19,20)10-12-5-1-2-6-12/h3-4,7-8,12H,1-2,5-6,9-11,16H2,(H,17,18). The number of nitrogens with one attached hydrogen (secondary N) is 1. The van der Waals surface area contributed by atoms with Gasteiger partial charge in [0.1, 0.15) is 5.75 Å². The summed E-state index contributed by atoms with van der Waals surface area (Å²) in [5.74, 6) is -0.602. The van der Waals surface area contributed by atoms with Crippen LogP contribution in [0.5, 0.6) is 0 Å². The highest BCUT2D eigenvalue weighted by atomic mass is 32.2. The van der Waals surface area contributed by atoms with Gasteiger partial charge < -0.3 is 11.1 Å². The van der Waals surface area contributed by atoms with E-state index in [-0.39, 0.29) is 11.7 Å². The van der Waals surface area contributed by atoms with Gasteiger partial charge in [0.25, 0.3) is 0 Å². The summed E-state index contributed by atoms with van der Waals surface area (Å²) in [6.07, 6.45) is 4.10. The molecule has 0 unspecified atom stereocenters. The Balaban J connectivity index is 1.94. The van der Waals surface area contributed by atoms with Gasteiger partial charge >= 0.3 is 0 Å². The molecule has 0 spiro atoms. The maximum absolute atomic E-state index is 12.1. The molecule has 0 bridgehead atoms. The van der Waals surface area contributed by atoms with E-state index in [1.54, 1.807) is 12.1 Å². The van der Waals surface area contributed by atoms with Crippen LogP contribution in [0.15, 0.2) is 24.3 Å². The third kappa shape index (κ3) is 4.82. The quantitative estimate of drug-likeness (QED) is 0.836. The van der Waals surface area contributed by atoms with Crippen LogP contribution in [-0.2, 0) is 21.2 Å². The van der Waals surface area contributed by atoms with Crippen molar-refractivity contribution >= 4 is 21.4 Å². The molecule has 5 nitrogen and oxygen atoms in total. The van der Waals surface area contributed by atoms with Crippen LogP contribution in [0.2, 0.25) is 0 Å². The van der Waals surface area contributed by atoms with Crippen molar-refractivity contribution in [3.8, 4) is 0 Å². The number of hydrogen-bond donors (Lipinski definition) is 2. The summed E-state index contributed by atoms with van der Waals surface area (Å²) in [6, 6.07) is 7.14. The number of para-hydroxylation sites is 1. The summed E-state index contributed by atoms with van der Waals surface area (Å²) < 4.78 is 24.1. The fraction of sp³-hybridized carbons (Fsp3) is 0.533. The van der Waals surface area contributed by atoms with E-state index in [4.69, 9.17) is 5.73 Å². The van der Waals surface area contributed by atoms with Gasteiger partial charge in [-0.3, -0.25) is 4.79 Å². The van der Waals surface area contributed by atoms with Crippen molar-refractivity contribution in [1.29, 1.82) is 0 Å². The van der Waals surface area contributed by atoms with Crippen molar-refractivity contribution in [3.05, 3.63) is 29.8 Å². The highest BCUT2D eigenvalue weighted by molar-refractivity contribution is 7.92. The molecule has 21 heavy (non-hydrogen) atoms. The van der Waals surface area contributed by atoms with E-state index in [2.05, 4.69) is 5.32 Å². The molecule has 116 valence electrons. The second-order valence-electron chi connectivity index (χ2n) is 5.61. The summed E-state index contributed by atoms with van der Waals surface area (Å²) in [5, 5.41) is 2.64. The molecular weight excluding hydrogens is 288 g/mol. The van der Waals surface area contributed by atoms with E-state index in [1.807, 2.05) is 12.1 Å². The maximum Gasteiger partial charge on any atom is 0.239 e. The lowest BCUT2D eigenvalue weighted by Gasteiger charge is -2.12. The number of nitrogens with two attached hydrogens (primary N) is 1. The van der Waals surface area contributed by atoms with E-state index in [0.717, 1.165) is 31.2 Å². The van der Waals surface area contributed by atoms with Gasteiger partial charge in [-0.1, -0.05) is 31.0 Å². The van der Waals surface area contributed by atoms with Gasteiger partial charge in [-0.25, -0.2) is 8.42 Å². The number of sulfone groups is 1. The Morgan fingerprint density at radius 1 is 1.24 bits per heavy atom. The lowest BCUT2D eigenvalue weighted by molar-refractivity contribution is -0.113. The first-order chi connectivity index (χ1) is 10.00. The molecule has 1 aliphatic carbocycles. The molecule has 6 heteroatoms. The van der Waals surface area contributed by atoms with E-state index < -0.39 is 21.5 Å². The summed E-state index contributed by atoms with van der Waals surface area (Å²) in [5.41, 5.74) is 6.97. The normalized spacial score (nSPS) is 16.0. The third-order valence-corrected chi connectivity index (χ3v) is 5.51. The predicted octanol–water partition coefficient (Wildman–Crippen LogP) is 1.69. The topological polar surface area (TPSA) is 89.3 Å². The number of anilines is 1. The molecule has 0 saturated heterocycles. The number of rotatable bonds is 6. The Hall–Kier alpha value is -1.40. The third-order valence-electron chi connectivity index (χ3n) is 3.83. The fourth-order valence-electron chi connectivity index (χ4n) is 2.80. The van der Waals surface area contributed by atoms with E-state index in [1.165, 1.54) is 0 Å². The van der Waals surface area contributed by atoms with Crippen LogP contribution in [-0.4, -0.2) is 25.8 Å². The molecule has 3 N–H and O–H groups in total. The molecule has 1 aromatic carbocycles. The molecule has 2 rings (SSSR count). The van der Waals surface area contributed by atoms with Crippen LogP contribution >= 0.6 is 0 Å². The van der Waals surface area contributed by atoms with Crippen molar-refractivity contribution in [3.63, 3.8) is 0 Å². The summed E-state index contributed by atoms with van der Waals surface area (Å²) >= 11 is 0. The molecule has 1 aromatic rings. The van der Waals surface area contributed by atoms with Crippen LogP contribution in [0.4, 0.5) is 5.69 Å². The Kier molecular flexibility index (Phi) is 5.36. The SMILES string of the molecule is NCc1ccccc1NC(=O)CS(=O)(=O)CC1CCCC1. The second kappa shape index (κ2) is 7.04. The van der Waals surface area contributed by atoms with E-state index in [0.29, 0.717) is 12.2 Å². The Labute approximate surface area is 125 Å². The Bertz CT molecular complexity index is 593. The van der Waals surface area contributed by atoms with Crippen molar-refractivity contribution in [2.45, 2.75) is 32.2 Å². The van der Waals surface area contributed by atoms with Crippen LogP contribution in [0.25, 0.3) is 0 Å². The van der Waals surface area contributed by atoms with Crippen molar-refractivity contribution in [2.24, 2.45) is 11.7 Å². The first-order valence-corrected chi connectivity index (χ1v) is 9.10. The zero-order chi connectivity index (χ0) is 15.3. The molecular formula is C15H22N2O3S. The van der Waals surface area contributed by atoms with E-state index >= 15 is 0 Å². The minimum atomic E-state index is -3.35. The van der Waals surface area contributed by atoms with E-state index in [9.17, 15) is 13.2 Å². The first kappa shape index (κ1) is 16.0. The van der Waals surface area contributed by atoms with Gasteiger partial charge in [-0.05, 0) is 30.4 Å². The van der Waals surface area contributed by atoms with Crippen LogP contribution in [0.3, 0.4) is 0 Å². The van der Waals surface area contributed by atoms with Gasteiger partial charge in [0.2, 0.25) is 5.91 Å². The smallest absolute Gasteiger partial charge is 0.239 e. The van der Waals surface area contributed by atoms with Crippen molar-refractivity contribution < 1.29 is 13.2 Å². The van der Waals surface area contributed by atoms with Gasteiger partial charge in [0.15, 0.2) is 9.84 Å². The minimum Gasteiger partial charge on any atom is -0.326 e. The van der Waals surface area contributed by atoms with Gasteiger partial charge in [-0.15, -0.1) is 0 Å². The molecule has 0 radical (unpaired) electrons. The van der Waals surface area contributed by atoms with Crippen LogP contribution < -0.4 is 11.1 Å². The monoisotopic (exact) mass is 310 g/mol. The predicted molar refractivity (Wildman–Crippen MR) is 83.6 cm³/mol. The summed E-state index contributed by atoms with van der Waals surface area (Å²) in [6.45, 7) is 0.297. The van der Waals surface area contributed by atoms with Crippen molar-refractivity contribution in [2.75, 3.05) is 16.8 Å². The average Bonchev–Trinajstić information content (AvgIpc) is 2.90. The number of amides is 1. The molecule has 0 atom stereocenters. The van der Waals surface area contributed by atoms with Crippen molar-refractivity contribution in [1.82, 2.24) is 0 Å². The van der Waals surface area contributed by atoms with Crippen LogP contribution in [0, 0.1) is 5.92 Å². The summed E-state index contributed by atoms with van der Waals surface area (Å²) in [7, 11) is -3.35. The Morgan fingerprint density at radius 2 is 1.90 bits per heavy atom. The molecule has 1 fully saturated rings. The van der Waals surface area contributed by atoms with Gasteiger partial charge in [-0.2, -0.15) is 0 Å². The highest BCUT2D eigenvalue weighted by Crippen LogP contribution is 2.26. The zero-order valence-electron chi connectivity index (χ0n) is 12.0. The number of benzene rings is 1. The minimum absolute atomic E-state index is 0.124. The lowest BCUT2D eigenvalue weighted by atomic mass is 10.1. The highest BCUT2D eigenvalue weighted by Gasteiger charge is 2.24. The number of carbonyl (C=O) groups excluding carboxylic acids is 1. The molecule has 1 aliphatic rings. The molecule has 0 heterocycles. The maximum atomic E-state index is 12.1. The number of carbonyl (C=O) groups is 1. The second-order valence-corrected chi connectivity index (χ2v) is 7.72. The largest absolute Gasteiger partial charge is 0.326 e. The van der Waals surface area contributed by atoms with Gasteiger partial charge in [0.05, 0.1) is 5.75 Å². The first-order valence-electron chi connectivity index (χ1n) is 7.28. The molecule has 0 aliphatic heterocycles. The molecule has 0 aromatic heterocycles. The number of hydrogen-bond acceptors (Lipinski definition) is 4. The Morgan fingerprint density at radius 3 is 2.57 bits per heavy atom. The lowest BCUT2D eigenvalue weighted by Crippen LogP contribution is -2.27. The zero-order valence-corrected chi connectivity index (χ0v) is 12.9. The molecule has 1 amide bonds. The molecule has 1 saturated carbocycles. The average molecular weight is 310 g/mol. The summed E-state index contributed by atoms with van der Waals surface area (Å²) in [4.78, 5) is 11.9. The van der Waals surface area contributed by atoms with Crippen LogP contribution in [0.1, 0.15) is 31.2 Å².